The number of hydrogen-bond acceptors (Lipinski definition) is 3. The molecular formula is C17H21N3O. The van der Waals surface area contributed by atoms with Crippen molar-refractivity contribution >= 4 is 11.0 Å². The van der Waals surface area contributed by atoms with Crippen LogP contribution in [0.5, 0.6) is 0 Å². The summed E-state index contributed by atoms with van der Waals surface area (Å²) in [5.41, 5.74) is 2.71. The first-order valence-corrected chi connectivity index (χ1v) is 7.62. The third-order valence-electron chi connectivity index (χ3n) is 4.16. The second kappa shape index (κ2) is 5.50. The first-order chi connectivity index (χ1) is 10.1. The molecule has 1 aliphatic heterocycles. The van der Waals surface area contributed by atoms with Gasteiger partial charge in [0.05, 0.1) is 28.8 Å². The number of rotatable bonds is 3. The Morgan fingerprint density at radius 1 is 1.48 bits per heavy atom. The lowest BCUT2D eigenvalue weighted by Gasteiger charge is -2.17. The fourth-order valence-electron chi connectivity index (χ4n) is 3.13. The van der Waals surface area contributed by atoms with Crippen LogP contribution in [0.1, 0.15) is 44.5 Å². The highest BCUT2D eigenvalue weighted by molar-refractivity contribution is 5.78. The van der Waals surface area contributed by atoms with Crippen molar-refractivity contribution in [2.24, 2.45) is 5.92 Å². The molecule has 3 rings (SSSR count). The van der Waals surface area contributed by atoms with Crippen LogP contribution in [-0.4, -0.2) is 22.3 Å². The maximum Gasteiger partial charge on any atom is 0.115 e. The van der Waals surface area contributed by atoms with Crippen molar-refractivity contribution in [1.82, 2.24) is 9.55 Å². The third-order valence-corrected chi connectivity index (χ3v) is 4.16. The molecule has 2 unspecified atom stereocenters. The lowest BCUT2D eigenvalue weighted by molar-refractivity contribution is 0.116. The predicted octanol–water partition coefficient (Wildman–Crippen LogP) is 3.46. The zero-order valence-electron chi connectivity index (χ0n) is 12.8. The minimum absolute atomic E-state index is 0.211. The van der Waals surface area contributed by atoms with Crippen LogP contribution in [0, 0.1) is 17.2 Å². The molecule has 0 radical (unpaired) electrons. The van der Waals surface area contributed by atoms with Gasteiger partial charge in [-0.25, -0.2) is 4.98 Å². The van der Waals surface area contributed by atoms with Gasteiger partial charge in [0.15, 0.2) is 0 Å². The number of nitriles is 1. The highest BCUT2D eigenvalue weighted by atomic mass is 16.5. The van der Waals surface area contributed by atoms with E-state index in [9.17, 15) is 0 Å². The van der Waals surface area contributed by atoms with Gasteiger partial charge in [-0.05, 0) is 37.5 Å². The molecule has 1 aliphatic rings. The molecule has 110 valence electrons. The minimum Gasteiger partial charge on any atom is -0.378 e. The summed E-state index contributed by atoms with van der Waals surface area (Å²) in [4.78, 5) is 4.84. The van der Waals surface area contributed by atoms with Crippen LogP contribution in [0.2, 0.25) is 0 Å². The summed E-state index contributed by atoms with van der Waals surface area (Å²) in [6.45, 7) is 8.31. The van der Waals surface area contributed by atoms with Gasteiger partial charge in [0.1, 0.15) is 5.82 Å². The van der Waals surface area contributed by atoms with E-state index in [1.165, 1.54) is 0 Å². The smallest absolute Gasteiger partial charge is 0.115 e. The summed E-state index contributed by atoms with van der Waals surface area (Å²) < 4.78 is 8.03. The minimum atomic E-state index is 0.211. The van der Waals surface area contributed by atoms with Crippen LogP contribution in [0.3, 0.4) is 0 Å². The fraction of sp³-hybridized carbons (Fsp3) is 0.529. The number of benzene rings is 1. The molecule has 2 atom stereocenters. The lowest BCUT2D eigenvalue weighted by Crippen LogP contribution is -2.17. The Morgan fingerprint density at radius 2 is 2.29 bits per heavy atom. The largest absolute Gasteiger partial charge is 0.378 e. The highest BCUT2D eigenvalue weighted by Gasteiger charge is 2.30. The summed E-state index contributed by atoms with van der Waals surface area (Å²) in [6, 6.07) is 7.97. The number of fused-ring (bicyclic) bond motifs is 1. The maximum atomic E-state index is 9.07. The Morgan fingerprint density at radius 3 is 2.90 bits per heavy atom. The van der Waals surface area contributed by atoms with Gasteiger partial charge in [-0.2, -0.15) is 5.26 Å². The second-order valence-corrected chi connectivity index (χ2v) is 6.26. The van der Waals surface area contributed by atoms with E-state index in [0.29, 0.717) is 17.4 Å². The van der Waals surface area contributed by atoms with Crippen molar-refractivity contribution in [2.75, 3.05) is 6.61 Å². The van der Waals surface area contributed by atoms with Gasteiger partial charge in [0.2, 0.25) is 0 Å². The van der Waals surface area contributed by atoms with E-state index in [2.05, 4.69) is 31.4 Å². The van der Waals surface area contributed by atoms with Crippen LogP contribution in [-0.2, 0) is 11.3 Å². The quantitative estimate of drug-likeness (QED) is 0.866. The Balaban J connectivity index is 2.14. The molecule has 1 aromatic carbocycles. The van der Waals surface area contributed by atoms with Crippen molar-refractivity contribution in [3.63, 3.8) is 0 Å². The van der Waals surface area contributed by atoms with Crippen LogP contribution in [0.4, 0.5) is 0 Å². The molecule has 1 saturated heterocycles. The first kappa shape index (κ1) is 14.1. The van der Waals surface area contributed by atoms with Crippen molar-refractivity contribution in [2.45, 2.75) is 45.8 Å². The Hall–Kier alpha value is -1.86. The predicted molar refractivity (Wildman–Crippen MR) is 82.1 cm³/mol. The Kier molecular flexibility index (Phi) is 3.69. The fourth-order valence-corrected chi connectivity index (χ4v) is 3.13. The van der Waals surface area contributed by atoms with E-state index >= 15 is 0 Å². The molecule has 0 aliphatic carbocycles. The summed E-state index contributed by atoms with van der Waals surface area (Å²) in [6.07, 6.45) is 1.23. The van der Waals surface area contributed by atoms with Gasteiger partial charge < -0.3 is 9.30 Å². The number of aromatic nitrogens is 2. The summed E-state index contributed by atoms with van der Waals surface area (Å²) >= 11 is 0. The average Bonchev–Trinajstić information content (AvgIpc) is 3.02. The standard InChI is InChI=1S/C17H21N3O/c1-11(2)10-20-16-5-4-13(9-18)8-15(16)19-17(20)14-6-7-21-12(14)3/h4-5,8,11-12,14H,6-7,10H2,1-3H3. The van der Waals surface area contributed by atoms with E-state index in [1.807, 2.05) is 18.2 Å². The second-order valence-electron chi connectivity index (χ2n) is 6.26. The van der Waals surface area contributed by atoms with Crippen LogP contribution >= 0.6 is 0 Å². The lowest BCUT2D eigenvalue weighted by atomic mass is 10.0. The molecule has 0 bridgehead atoms. The monoisotopic (exact) mass is 283 g/mol. The Labute approximate surface area is 125 Å². The molecule has 2 heterocycles. The molecule has 0 N–H and O–H groups in total. The zero-order valence-corrected chi connectivity index (χ0v) is 12.8. The first-order valence-electron chi connectivity index (χ1n) is 7.62. The van der Waals surface area contributed by atoms with Crippen molar-refractivity contribution < 1.29 is 4.74 Å². The van der Waals surface area contributed by atoms with E-state index in [1.54, 1.807) is 0 Å². The molecule has 0 amide bonds. The van der Waals surface area contributed by atoms with Crippen LogP contribution < -0.4 is 0 Å². The molecule has 2 aromatic rings. The van der Waals surface area contributed by atoms with Gasteiger partial charge in [-0.3, -0.25) is 0 Å². The molecule has 1 fully saturated rings. The topological polar surface area (TPSA) is 50.8 Å². The van der Waals surface area contributed by atoms with E-state index in [-0.39, 0.29) is 6.10 Å². The third kappa shape index (κ3) is 2.54. The van der Waals surface area contributed by atoms with Crippen LogP contribution in [0.25, 0.3) is 11.0 Å². The maximum absolute atomic E-state index is 9.07. The molecule has 4 nitrogen and oxygen atoms in total. The van der Waals surface area contributed by atoms with Crippen molar-refractivity contribution in [3.8, 4) is 6.07 Å². The molecular weight excluding hydrogens is 262 g/mol. The number of hydrogen-bond donors (Lipinski definition) is 0. The normalized spacial score (nSPS) is 22.0. The van der Waals surface area contributed by atoms with Crippen molar-refractivity contribution in [1.29, 1.82) is 5.26 Å². The summed E-state index contributed by atoms with van der Waals surface area (Å²) in [7, 11) is 0. The molecule has 0 saturated carbocycles. The van der Waals surface area contributed by atoms with Crippen LogP contribution in [0.15, 0.2) is 18.2 Å². The van der Waals surface area contributed by atoms with E-state index in [4.69, 9.17) is 15.0 Å². The molecule has 21 heavy (non-hydrogen) atoms. The van der Waals surface area contributed by atoms with Gasteiger partial charge in [-0.15, -0.1) is 0 Å². The number of nitrogens with zero attached hydrogens (tertiary/aromatic N) is 3. The molecule has 4 heteroatoms. The van der Waals surface area contributed by atoms with Crippen molar-refractivity contribution in [3.05, 3.63) is 29.6 Å². The highest BCUT2D eigenvalue weighted by Crippen LogP contribution is 2.33. The van der Waals surface area contributed by atoms with E-state index in [0.717, 1.165) is 36.4 Å². The summed E-state index contributed by atoms with van der Waals surface area (Å²) in [5.74, 6) is 2.01. The number of ether oxygens (including phenoxy) is 1. The van der Waals surface area contributed by atoms with Gasteiger partial charge in [0, 0.05) is 19.1 Å². The summed E-state index contributed by atoms with van der Waals surface area (Å²) in [5, 5.41) is 9.07. The SMILES string of the molecule is CC(C)Cn1c(C2CCOC2C)nc2cc(C#N)ccc21. The molecule has 0 spiro atoms. The number of imidazole rings is 1. The van der Waals surface area contributed by atoms with Gasteiger partial charge >= 0.3 is 0 Å². The Bertz CT molecular complexity index is 696. The van der Waals surface area contributed by atoms with Gasteiger partial charge in [-0.1, -0.05) is 13.8 Å². The van der Waals surface area contributed by atoms with E-state index < -0.39 is 0 Å². The average molecular weight is 283 g/mol. The zero-order chi connectivity index (χ0) is 15.0. The van der Waals surface area contributed by atoms with Gasteiger partial charge in [0.25, 0.3) is 0 Å². The molecule has 1 aromatic heterocycles.